The lowest BCUT2D eigenvalue weighted by atomic mass is 10.4. The molecule has 0 heterocycles. The van der Waals surface area contributed by atoms with Gasteiger partial charge in [0.2, 0.25) is 0 Å². The predicted molar refractivity (Wildman–Crippen MR) is 28.7 cm³/mol. The zero-order chi connectivity index (χ0) is 7.44. The summed E-state index contributed by atoms with van der Waals surface area (Å²) >= 11 is 0. The Balaban J connectivity index is 4.47. The highest BCUT2D eigenvalue weighted by Gasteiger charge is 2.06. The number of carboxylic acids is 1. The summed E-state index contributed by atoms with van der Waals surface area (Å²) < 4.78 is 11.9. The molecule has 0 aliphatic rings. The molecule has 4 N–H and O–H groups in total. The van der Waals surface area contributed by atoms with Crippen molar-refractivity contribution in [3.63, 3.8) is 0 Å². The lowest BCUT2D eigenvalue weighted by Gasteiger charge is -1.89. The highest BCUT2D eigenvalue weighted by molar-refractivity contribution is 5.92. The Morgan fingerprint density at radius 1 is 1.78 bits per heavy atom. The number of carbonyl (C=O) groups is 1. The molecule has 0 aromatic carbocycles. The fraction of sp³-hybridized carbons (Fsp3) is 0. The molecule has 0 atom stereocenters. The summed E-state index contributed by atoms with van der Waals surface area (Å²) in [5.41, 5.74) is 3.68. The SMILES string of the molecule is N=C/C(F)=C(\N)C(=O)O. The summed E-state index contributed by atoms with van der Waals surface area (Å²) in [4.78, 5) is 9.77. The quantitative estimate of drug-likeness (QED) is 0.361. The molecule has 0 fully saturated rings. The number of halogens is 1. The van der Waals surface area contributed by atoms with Crippen molar-refractivity contribution in [2.75, 3.05) is 0 Å². The van der Waals surface area contributed by atoms with E-state index in [0.717, 1.165) is 0 Å². The molecule has 0 amide bonds. The standard InChI is InChI=1S/C4H5FN2O2/c5-2(1-6)3(7)4(8)9/h1,6H,7H2,(H,8,9)/b3-2+,6-1?. The number of rotatable bonds is 2. The van der Waals surface area contributed by atoms with Crippen LogP contribution in [0.25, 0.3) is 0 Å². The van der Waals surface area contributed by atoms with Crippen molar-refractivity contribution < 1.29 is 14.3 Å². The number of carboxylic acid groups (broad SMARTS) is 1. The maximum atomic E-state index is 11.9. The molecular formula is C4H5FN2O2. The molecule has 0 aliphatic heterocycles. The van der Waals surface area contributed by atoms with Gasteiger partial charge in [0.15, 0.2) is 11.5 Å². The van der Waals surface area contributed by atoms with Crippen LogP contribution in [0, 0.1) is 5.41 Å². The fourth-order valence-corrected chi connectivity index (χ4v) is 0.180. The van der Waals surface area contributed by atoms with Crippen LogP contribution in [0.1, 0.15) is 0 Å². The molecular weight excluding hydrogens is 127 g/mol. The molecule has 0 unspecified atom stereocenters. The van der Waals surface area contributed by atoms with E-state index in [4.69, 9.17) is 10.5 Å². The van der Waals surface area contributed by atoms with E-state index in [-0.39, 0.29) is 6.21 Å². The van der Waals surface area contributed by atoms with E-state index in [1.165, 1.54) is 0 Å². The van der Waals surface area contributed by atoms with Crippen molar-refractivity contribution in [1.82, 2.24) is 0 Å². The van der Waals surface area contributed by atoms with Gasteiger partial charge < -0.3 is 16.2 Å². The lowest BCUT2D eigenvalue weighted by Crippen LogP contribution is -2.12. The van der Waals surface area contributed by atoms with Crippen molar-refractivity contribution in [1.29, 1.82) is 5.41 Å². The number of nitrogens with one attached hydrogen (secondary N) is 1. The monoisotopic (exact) mass is 132 g/mol. The van der Waals surface area contributed by atoms with Gasteiger partial charge in [0.1, 0.15) is 0 Å². The first kappa shape index (κ1) is 7.61. The molecule has 0 bridgehead atoms. The lowest BCUT2D eigenvalue weighted by molar-refractivity contribution is -0.132. The minimum Gasteiger partial charge on any atom is -0.477 e. The second-order valence-corrected chi connectivity index (χ2v) is 1.21. The van der Waals surface area contributed by atoms with Crippen molar-refractivity contribution in [2.45, 2.75) is 0 Å². The first-order valence-electron chi connectivity index (χ1n) is 1.98. The van der Waals surface area contributed by atoms with E-state index < -0.39 is 17.5 Å². The second kappa shape index (κ2) is 2.81. The second-order valence-electron chi connectivity index (χ2n) is 1.21. The molecule has 0 aromatic rings. The smallest absolute Gasteiger partial charge is 0.354 e. The largest absolute Gasteiger partial charge is 0.477 e. The van der Waals surface area contributed by atoms with E-state index >= 15 is 0 Å². The van der Waals surface area contributed by atoms with Crippen LogP contribution in [0.3, 0.4) is 0 Å². The van der Waals surface area contributed by atoms with Gasteiger partial charge in [-0.25, -0.2) is 9.18 Å². The average molecular weight is 132 g/mol. The summed E-state index contributed by atoms with van der Waals surface area (Å²) in [7, 11) is 0. The van der Waals surface area contributed by atoms with Gasteiger partial charge in [0.25, 0.3) is 0 Å². The molecule has 0 aromatic heterocycles. The molecule has 0 rings (SSSR count). The third-order valence-corrected chi connectivity index (χ3v) is 0.614. The van der Waals surface area contributed by atoms with Crippen molar-refractivity contribution in [3.8, 4) is 0 Å². The highest BCUT2D eigenvalue weighted by atomic mass is 19.1. The maximum Gasteiger partial charge on any atom is 0.354 e. The Labute approximate surface area is 50.3 Å². The van der Waals surface area contributed by atoms with Crippen LogP contribution in [0.4, 0.5) is 4.39 Å². The Morgan fingerprint density at radius 2 is 2.22 bits per heavy atom. The maximum absolute atomic E-state index is 11.9. The van der Waals surface area contributed by atoms with Crippen LogP contribution in [-0.2, 0) is 4.79 Å². The highest BCUT2D eigenvalue weighted by Crippen LogP contribution is 1.95. The van der Waals surface area contributed by atoms with Gasteiger partial charge in [0.05, 0.1) is 6.21 Å². The van der Waals surface area contributed by atoms with Gasteiger partial charge in [0, 0.05) is 0 Å². The minimum atomic E-state index is -1.56. The Bertz CT molecular complexity index is 175. The van der Waals surface area contributed by atoms with E-state index in [1.807, 2.05) is 0 Å². The summed E-state index contributed by atoms with van der Waals surface area (Å²) in [5.74, 6) is -2.79. The number of aliphatic carboxylic acids is 1. The van der Waals surface area contributed by atoms with Gasteiger partial charge in [-0.2, -0.15) is 0 Å². The van der Waals surface area contributed by atoms with Gasteiger partial charge in [-0.15, -0.1) is 0 Å². The van der Waals surface area contributed by atoms with Crippen LogP contribution in [-0.4, -0.2) is 17.3 Å². The summed E-state index contributed by atoms with van der Waals surface area (Å²) in [6.07, 6.45) is 0.240. The van der Waals surface area contributed by atoms with Gasteiger partial charge in [-0.1, -0.05) is 0 Å². The first-order valence-corrected chi connectivity index (χ1v) is 1.98. The predicted octanol–water partition coefficient (Wildman–Crippen LogP) is -0.140. The van der Waals surface area contributed by atoms with E-state index in [9.17, 15) is 9.18 Å². The molecule has 0 radical (unpaired) electrons. The normalized spacial score (nSPS) is 12.1. The van der Waals surface area contributed by atoms with E-state index in [2.05, 4.69) is 5.73 Å². The molecule has 50 valence electrons. The number of hydrogen-bond acceptors (Lipinski definition) is 3. The summed E-state index contributed by atoms with van der Waals surface area (Å²) in [6.45, 7) is 0. The van der Waals surface area contributed by atoms with Crippen LogP contribution < -0.4 is 5.73 Å². The van der Waals surface area contributed by atoms with Crippen molar-refractivity contribution in [3.05, 3.63) is 11.5 Å². The van der Waals surface area contributed by atoms with Gasteiger partial charge in [-0.3, -0.25) is 0 Å². The van der Waals surface area contributed by atoms with Crippen LogP contribution in [0.2, 0.25) is 0 Å². The molecule has 0 aliphatic carbocycles. The molecule has 0 saturated heterocycles. The molecule has 9 heavy (non-hydrogen) atoms. The topological polar surface area (TPSA) is 87.2 Å². The van der Waals surface area contributed by atoms with Crippen LogP contribution >= 0.6 is 0 Å². The molecule has 0 spiro atoms. The van der Waals surface area contributed by atoms with E-state index in [1.54, 1.807) is 0 Å². The third-order valence-electron chi connectivity index (χ3n) is 0.614. The number of nitrogens with two attached hydrogens (primary N) is 1. The average Bonchev–Trinajstić information content (AvgIpc) is 1.84. The van der Waals surface area contributed by atoms with Crippen molar-refractivity contribution >= 4 is 12.2 Å². The van der Waals surface area contributed by atoms with Gasteiger partial charge in [-0.05, 0) is 0 Å². The van der Waals surface area contributed by atoms with Gasteiger partial charge >= 0.3 is 5.97 Å². The number of hydrogen-bond donors (Lipinski definition) is 3. The zero-order valence-electron chi connectivity index (χ0n) is 4.39. The molecule has 5 heteroatoms. The summed E-state index contributed by atoms with van der Waals surface area (Å²) in [5, 5.41) is 14.2. The van der Waals surface area contributed by atoms with Crippen molar-refractivity contribution in [2.24, 2.45) is 5.73 Å². The zero-order valence-corrected chi connectivity index (χ0v) is 4.39. The first-order chi connectivity index (χ1) is 4.09. The Hall–Kier alpha value is -1.39. The Kier molecular flexibility index (Phi) is 2.37. The third kappa shape index (κ3) is 1.89. The Morgan fingerprint density at radius 3 is 2.33 bits per heavy atom. The fourth-order valence-electron chi connectivity index (χ4n) is 0.180. The number of allylic oxidation sites excluding steroid dienone is 1. The van der Waals surface area contributed by atoms with E-state index in [0.29, 0.717) is 0 Å². The molecule has 0 saturated carbocycles. The van der Waals surface area contributed by atoms with Crippen LogP contribution in [0.5, 0.6) is 0 Å². The molecule has 4 nitrogen and oxygen atoms in total. The minimum absolute atomic E-state index is 0.240. The summed E-state index contributed by atoms with van der Waals surface area (Å²) in [6, 6.07) is 0. The van der Waals surface area contributed by atoms with Crippen LogP contribution in [0.15, 0.2) is 11.5 Å².